The molecule has 0 aliphatic carbocycles. The van der Waals surface area contributed by atoms with Gasteiger partial charge in [0, 0.05) is 6.54 Å². The van der Waals surface area contributed by atoms with Crippen molar-refractivity contribution in [1.82, 2.24) is 15.0 Å². The van der Waals surface area contributed by atoms with E-state index in [-0.39, 0.29) is 19.1 Å². The van der Waals surface area contributed by atoms with Crippen LogP contribution in [0.4, 0.5) is 0 Å². The smallest absolute Gasteiger partial charge is 0.260 e. The maximum absolute atomic E-state index is 12.3. The van der Waals surface area contributed by atoms with E-state index in [1.165, 1.54) is 0 Å². The lowest BCUT2D eigenvalue weighted by atomic mass is 10.3. The number of benzene rings is 1. The second kappa shape index (κ2) is 7.74. The molecule has 0 saturated carbocycles. The molecule has 3 aromatic rings. The fourth-order valence-corrected chi connectivity index (χ4v) is 2.77. The van der Waals surface area contributed by atoms with E-state index in [0.29, 0.717) is 24.0 Å². The van der Waals surface area contributed by atoms with Gasteiger partial charge in [0.25, 0.3) is 5.91 Å². The molecule has 124 valence electrons. The summed E-state index contributed by atoms with van der Waals surface area (Å²) in [6.07, 6.45) is 0. The number of carbonyl (C=O) groups is 1. The van der Waals surface area contributed by atoms with E-state index in [9.17, 15) is 4.79 Å². The lowest BCUT2D eigenvalue weighted by Crippen LogP contribution is -2.34. The first-order valence-corrected chi connectivity index (χ1v) is 8.46. The minimum atomic E-state index is -0.128. The Hall–Kier alpha value is -2.67. The van der Waals surface area contributed by atoms with Gasteiger partial charge in [-0.25, -0.2) is 0 Å². The summed E-state index contributed by atoms with van der Waals surface area (Å²) in [6.45, 7) is 2.68. The lowest BCUT2D eigenvalue weighted by Gasteiger charge is -2.18. The van der Waals surface area contributed by atoms with Crippen LogP contribution < -0.4 is 4.74 Å². The average molecular weight is 343 g/mol. The predicted molar refractivity (Wildman–Crippen MR) is 90.6 cm³/mol. The Balaban J connectivity index is 1.59. The predicted octanol–water partition coefficient (Wildman–Crippen LogP) is 3.23. The van der Waals surface area contributed by atoms with E-state index in [4.69, 9.17) is 9.26 Å². The van der Waals surface area contributed by atoms with Crippen molar-refractivity contribution in [3.05, 3.63) is 53.7 Å². The number of nitrogens with zero attached hydrogens (tertiary/aromatic N) is 3. The molecule has 2 heterocycles. The highest BCUT2D eigenvalue weighted by Gasteiger charge is 2.17. The Morgan fingerprint density at radius 1 is 1.25 bits per heavy atom. The normalized spacial score (nSPS) is 10.5. The molecule has 24 heavy (non-hydrogen) atoms. The van der Waals surface area contributed by atoms with Crippen molar-refractivity contribution in [2.75, 3.05) is 13.2 Å². The molecule has 0 aliphatic rings. The van der Waals surface area contributed by atoms with Crippen molar-refractivity contribution in [3.8, 4) is 16.5 Å². The second-order valence-electron chi connectivity index (χ2n) is 5.00. The van der Waals surface area contributed by atoms with E-state index in [1.807, 2.05) is 54.8 Å². The zero-order valence-electron chi connectivity index (χ0n) is 13.2. The first-order chi connectivity index (χ1) is 11.8. The zero-order chi connectivity index (χ0) is 16.8. The molecule has 1 aromatic carbocycles. The number of likely N-dealkylation sites (N-methyl/N-ethyl adjacent to an activating group) is 1. The third-order valence-corrected chi connectivity index (χ3v) is 4.24. The van der Waals surface area contributed by atoms with Gasteiger partial charge in [0.15, 0.2) is 6.61 Å². The molecule has 0 saturated heterocycles. The zero-order valence-corrected chi connectivity index (χ0v) is 14.0. The van der Waals surface area contributed by atoms with Crippen LogP contribution in [0, 0.1) is 0 Å². The van der Waals surface area contributed by atoms with Crippen LogP contribution in [-0.4, -0.2) is 34.1 Å². The van der Waals surface area contributed by atoms with Crippen LogP contribution in [0.1, 0.15) is 12.8 Å². The van der Waals surface area contributed by atoms with Crippen molar-refractivity contribution in [3.63, 3.8) is 0 Å². The van der Waals surface area contributed by atoms with Crippen molar-refractivity contribution >= 4 is 17.2 Å². The number of carbonyl (C=O) groups excluding carboxylic acids is 1. The Labute approximate surface area is 143 Å². The summed E-state index contributed by atoms with van der Waals surface area (Å²) in [6, 6.07) is 13.1. The summed E-state index contributed by atoms with van der Waals surface area (Å²) in [5, 5.41) is 5.91. The molecule has 0 atom stereocenters. The second-order valence-corrected chi connectivity index (χ2v) is 5.95. The molecule has 7 heteroatoms. The Bertz CT molecular complexity index is 772. The number of aromatic nitrogens is 2. The summed E-state index contributed by atoms with van der Waals surface area (Å²) < 4.78 is 10.7. The van der Waals surface area contributed by atoms with Gasteiger partial charge in [-0.3, -0.25) is 4.79 Å². The molecule has 0 spiro atoms. The van der Waals surface area contributed by atoms with Gasteiger partial charge < -0.3 is 14.2 Å². The van der Waals surface area contributed by atoms with Crippen LogP contribution in [0.5, 0.6) is 5.75 Å². The van der Waals surface area contributed by atoms with E-state index in [0.717, 1.165) is 4.88 Å². The molecule has 0 bridgehead atoms. The first-order valence-electron chi connectivity index (χ1n) is 7.58. The summed E-state index contributed by atoms with van der Waals surface area (Å²) in [5.41, 5.74) is 0. The van der Waals surface area contributed by atoms with Crippen LogP contribution in [0.25, 0.3) is 10.7 Å². The van der Waals surface area contributed by atoms with Gasteiger partial charge in [0.1, 0.15) is 12.3 Å². The number of rotatable bonds is 7. The van der Waals surface area contributed by atoms with Crippen LogP contribution >= 0.6 is 11.3 Å². The van der Waals surface area contributed by atoms with Gasteiger partial charge in [0.05, 0.1) is 4.88 Å². The fourth-order valence-electron chi connectivity index (χ4n) is 2.12. The van der Waals surface area contributed by atoms with Gasteiger partial charge in [0.2, 0.25) is 11.7 Å². The summed E-state index contributed by atoms with van der Waals surface area (Å²) in [5.74, 6) is 1.49. The molecule has 0 fully saturated rings. The Kier molecular flexibility index (Phi) is 5.22. The third-order valence-electron chi connectivity index (χ3n) is 3.38. The maximum atomic E-state index is 12.3. The number of para-hydroxylation sites is 1. The van der Waals surface area contributed by atoms with Gasteiger partial charge in [-0.2, -0.15) is 4.98 Å². The van der Waals surface area contributed by atoms with Crippen LogP contribution in [-0.2, 0) is 11.3 Å². The average Bonchev–Trinajstić information content (AvgIpc) is 3.29. The van der Waals surface area contributed by atoms with E-state index >= 15 is 0 Å². The minimum Gasteiger partial charge on any atom is -0.484 e. The number of thiophene rings is 1. The molecule has 0 aliphatic heterocycles. The van der Waals surface area contributed by atoms with Gasteiger partial charge in [-0.15, -0.1) is 11.3 Å². The highest BCUT2D eigenvalue weighted by Crippen LogP contribution is 2.21. The third kappa shape index (κ3) is 3.99. The number of hydrogen-bond acceptors (Lipinski definition) is 6. The number of ether oxygens (including phenoxy) is 1. The fraction of sp³-hybridized carbons (Fsp3) is 0.235. The summed E-state index contributed by atoms with van der Waals surface area (Å²) in [7, 11) is 0. The van der Waals surface area contributed by atoms with Crippen molar-refractivity contribution in [2.24, 2.45) is 0 Å². The molecular weight excluding hydrogens is 326 g/mol. The Morgan fingerprint density at radius 3 is 2.79 bits per heavy atom. The van der Waals surface area contributed by atoms with Gasteiger partial charge in [-0.1, -0.05) is 29.4 Å². The van der Waals surface area contributed by atoms with Crippen LogP contribution in [0.2, 0.25) is 0 Å². The SMILES string of the molecule is CCN(Cc1nc(-c2cccs2)no1)C(=O)COc1ccccc1. The number of hydrogen-bond donors (Lipinski definition) is 0. The molecule has 0 unspecified atom stereocenters. The van der Waals surface area contributed by atoms with Crippen molar-refractivity contribution < 1.29 is 14.1 Å². The van der Waals surface area contributed by atoms with Crippen LogP contribution in [0.15, 0.2) is 52.4 Å². The molecule has 2 aromatic heterocycles. The van der Waals surface area contributed by atoms with E-state index in [1.54, 1.807) is 16.2 Å². The molecule has 6 nitrogen and oxygen atoms in total. The molecule has 1 amide bonds. The lowest BCUT2D eigenvalue weighted by molar-refractivity contribution is -0.134. The minimum absolute atomic E-state index is 0.0240. The highest BCUT2D eigenvalue weighted by molar-refractivity contribution is 7.13. The quantitative estimate of drug-likeness (QED) is 0.659. The van der Waals surface area contributed by atoms with Crippen molar-refractivity contribution in [1.29, 1.82) is 0 Å². The van der Waals surface area contributed by atoms with Gasteiger partial charge >= 0.3 is 0 Å². The van der Waals surface area contributed by atoms with Crippen molar-refractivity contribution in [2.45, 2.75) is 13.5 Å². The van der Waals surface area contributed by atoms with Crippen LogP contribution in [0.3, 0.4) is 0 Å². The summed E-state index contributed by atoms with van der Waals surface area (Å²) >= 11 is 1.54. The maximum Gasteiger partial charge on any atom is 0.260 e. The monoisotopic (exact) mass is 343 g/mol. The molecule has 3 rings (SSSR count). The number of amides is 1. The molecular formula is C17H17N3O3S. The summed E-state index contributed by atoms with van der Waals surface area (Å²) in [4.78, 5) is 19.2. The first kappa shape index (κ1) is 16.2. The highest BCUT2D eigenvalue weighted by atomic mass is 32.1. The molecule has 0 radical (unpaired) electrons. The standard InChI is InChI=1S/C17H17N3O3S/c1-2-20(16(21)12-22-13-7-4-3-5-8-13)11-15-18-17(19-23-15)14-9-6-10-24-14/h3-10H,2,11-12H2,1H3. The van der Waals surface area contributed by atoms with Gasteiger partial charge in [-0.05, 0) is 30.5 Å². The molecule has 0 N–H and O–H groups in total. The topological polar surface area (TPSA) is 68.5 Å². The van der Waals surface area contributed by atoms with E-state index < -0.39 is 0 Å². The van der Waals surface area contributed by atoms with E-state index in [2.05, 4.69) is 10.1 Å². The largest absolute Gasteiger partial charge is 0.484 e. The Morgan fingerprint density at radius 2 is 2.08 bits per heavy atom.